The standard InChI is InChI=1S/C18H23N.C2H2O4/c1-3-16-10-12-18(13-11-16)15-19(4-2)14-17-8-6-5-7-9-17;3-1(4)2(5)6/h5-13H,3-4,14-15H2,1-2H3;(H,3,4)(H,5,6). The van der Waals surface area contributed by atoms with E-state index in [4.69, 9.17) is 19.8 Å². The van der Waals surface area contributed by atoms with E-state index in [-0.39, 0.29) is 0 Å². The van der Waals surface area contributed by atoms with Crippen molar-refractivity contribution in [1.82, 2.24) is 4.90 Å². The summed E-state index contributed by atoms with van der Waals surface area (Å²) in [6, 6.07) is 19.7. The van der Waals surface area contributed by atoms with Crippen molar-refractivity contribution in [1.29, 1.82) is 0 Å². The molecule has 5 nitrogen and oxygen atoms in total. The molecule has 25 heavy (non-hydrogen) atoms. The summed E-state index contributed by atoms with van der Waals surface area (Å²) < 4.78 is 0. The van der Waals surface area contributed by atoms with Crippen LogP contribution in [0.1, 0.15) is 30.5 Å². The first-order valence-corrected chi connectivity index (χ1v) is 8.26. The van der Waals surface area contributed by atoms with Gasteiger partial charge in [-0.2, -0.15) is 0 Å². The van der Waals surface area contributed by atoms with Crippen LogP contribution in [0.5, 0.6) is 0 Å². The predicted molar refractivity (Wildman–Crippen MR) is 97.3 cm³/mol. The van der Waals surface area contributed by atoms with Crippen molar-refractivity contribution in [3.8, 4) is 0 Å². The Morgan fingerprint density at radius 1 is 0.760 bits per heavy atom. The van der Waals surface area contributed by atoms with E-state index in [2.05, 4.69) is 73.3 Å². The monoisotopic (exact) mass is 343 g/mol. The normalized spacial score (nSPS) is 10.0. The predicted octanol–water partition coefficient (Wildman–Crippen LogP) is 3.43. The first kappa shape index (κ1) is 20.4. The van der Waals surface area contributed by atoms with Gasteiger partial charge in [0.25, 0.3) is 0 Å². The zero-order valence-corrected chi connectivity index (χ0v) is 14.7. The molecular formula is C20H25NO4. The number of hydrogen-bond acceptors (Lipinski definition) is 3. The molecule has 0 aliphatic heterocycles. The van der Waals surface area contributed by atoms with E-state index in [1.165, 1.54) is 16.7 Å². The van der Waals surface area contributed by atoms with Crippen LogP contribution in [0.15, 0.2) is 54.6 Å². The number of rotatable bonds is 6. The van der Waals surface area contributed by atoms with Crippen molar-refractivity contribution < 1.29 is 19.8 Å². The molecule has 2 aromatic rings. The topological polar surface area (TPSA) is 77.8 Å². The SMILES string of the molecule is CCc1ccc(CN(CC)Cc2ccccc2)cc1.O=C(O)C(=O)O. The highest BCUT2D eigenvalue weighted by Crippen LogP contribution is 2.11. The maximum atomic E-state index is 9.10. The lowest BCUT2D eigenvalue weighted by molar-refractivity contribution is -0.159. The first-order valence-electron chi connectivity index (χ1n) is 8.26. The van der Waals surface area contributed by atoms with E-state index < -0.39 is 11.9 Å². The summed E-state index contributed by atoms with van der Waals surface area (Å²) in [7, 11) is 0. The second-order valence-electron chi connectivity index (χ2n) is 5.57. The average Bonchev–Trinajstić information content (AvgIpc) is 2.63. The van der Waals surface area contributed by atoms with Crippen LogP contribution in [0.25, 0.3) is 0 Å². The minimum atomic E-state index is -1.82. The number of carboxylic acid groups (broad SMARTS) is 2. The zero-order chi connectivity index (χ0) is 18.7. The lowest BCUT2D eigenvalue weighted by Crippen LogP contribution is -2.22. The van der Waals surface area contributed by atoms with Crippen LogP contribution in [0, 0.1) is 0 Å². The van der Waals surface area contributed by atoms with Gasteiger partial charge in [-0.25, -0.2) is 9.59 Å². The maximum absolute atomic E-state index is 9.10. The Kier molecular flexibility index (Phi) is 8.96. The fraction of sp³-hybridized carbons (Fsp3) is 0.300. The summed E-state index contributed by atoms with van der Waals surface area (Å²) >= 11 is 0. The Hall–Kier alpha value is -2.66. The van der Waals surface area contributed by atoms with E-state index in [1.807, 2.05) is 0 Å². The molecule has 0 amide bonds. The third-order valence-corrected chi connectivity index (χ3v) is 3.72. The van der Waals surface area contributed by atoms with Crippen molar-refractivity contribution in [3.63, 3.8) is 0 Å². The molecular weight excluding hydrogens is 318 g/mol. The lowest BCUT2D eigenvalue weighted by Gasteiger charge is -2.20. The summed E-state index contributed by atoms with van der Waals surface area (Å²) in [5.41, 5.74) is 4.19. The Labute approximate surface area is 148 Å². The maximum Gasteiger partial charge on any atom is 0.414 e. The van der Waals surface area contributed by atoms with Crippen molar-refractivity contribution in [2.45, 2.75) is 33.4 Å². The third kappa shape index (κ3) is 8.13. The number of aliphatic carboxylic acids is 2. The summed E-state index contributed by atoms with van der Waals surface area (Å²) in [5.74, 6) is -3.65. The Bertz CT molecular complexity index is 641. The molecule has 5 heteroatoms. The van der Waals surface area contributed by atoms with Gasteiger partial charge in [0.1, 0.15) is 0 Å². The molecule has 0 heterocycles. The summed E-state index contributed by atoms with van der Waals surface area (Å²) in [6.07, 6.45) is 1.11. The molecule has 0 aliphatic carbocycles. The number of carboxylic acids is 2. The van der Waals surface area contributed by atoms with Crippen LogP contribution in [0.3, 0.4) is 0 Å². The van der Waals surface area contributed by atoms with Crippen LogP contribution in [-0.2, 0) is 29.1 Å². The van der Waals surface area contributed by atoms with Gasteiger partial charge in [0, 0.05) is 13.1 Å². The molecule has 0 unspecified atom stereocenters. The molecule has 0 saturated heterocycles. The quantitative estimate of drug-likeness (QED) is 0.786. The van der Waals surface area contributed by atoms with E-state index in [9.17, 15) is 0 Å². The largest absolute Gasteiger partial charge is 0.473 e. The van der Waals surface area contributed by atoms with Crippen LogP contribution in [-0.4, -0.2) is 33.6 Å². The molecule has 0 aliphatic rings. The van der Waals surface area contributed by atoms with E-state index in [0.29, 0.717) is 0 Å². The molecule has 0 fully saturated rings. The van der Waals surface area contributed by atoms with Gasteiger partial charge < -0.3 is 10.2 Å². The highest BCUT2D eigenvalue weighted by atomic mass is 16.4. The third-order valence-electron chi connectivity index (χ3n) is 3.72. The van der Waals surface area contributed by atoms with Crippen LogP contribution >= 0.6 is 0 Å². The minimum Gasteiger partial charge on any atom is -0.473 e. The molecule has 0 aromatic heterocycles. The molecule has 0 bridgehead atoms. The molecule has 0 radical (unpaired) electrons. The summed E-state index contributed by atoms with van der Waals surface area (Å²) in [6.45, 7) is 7.54. The second kappa shape index (κ2) is 11.0. The molecule has 0 atom stereocenters. The zero-order valence-electron chi connectivity index (χ0n) is 14.7. The highest BCUT2D eigenvalue weighted by molar-refractivity contribution is 6.27. The van der Waals surface area contributed by atoms with Crippen LogP contribution in [0.2, 0.25) is 0 Å². The van der Waals surface area contributed by atoms with Crippen LogP contribution in [0.4, 0.5) is 0 Å². The van der Waals surface area contributed by atoms with Gasteiger partial charge in [-0.05, 0) is 29.7 Å². The molecule has 134 valence electrons. The van der Waals surface area contributed by atoms with E-state index >= 15 is 0 Å². The average molecular weight is 343 g/mol. The fourth-order valence-electron chi connectivity index (χ4n) is 2.26. The van der Waals surface area contributed by atoms with Gasteiger partial charge in [0.05, 0.1) is 0 Å². The molecule has 0 spiro atoms. The number of benzene rings is 2. The van der Waals surface area contributed by atoms with Crippen molar-refractivity contribution in [2.24, 2.45) is 0 Å². The fourth-order valence-corrected chi connectivity index (χ4v) is 2.26. The lowest BCUT2D eigenvalue weighted by atomic mass is 10.1. The highest BCUT2D eigenvalue weighted by Gasteiger charge is 2.05. The number of aryl methyl sites for hydroxylation is 1. The number of carbonyl (C=O) groups is 2. The Morgan fingerprint density at radius 3 is 1.60 bits per heavy atom. The number of nitrogens with zero attached hydrogens (tertiary/aromatic N) is 1. The molecule has 2 aromatic carbocycles. The van der Waals surface area contributed by atoms with Gasteiger partial charge in [-0.15, -0.1) is 0 Å². The minimum absolute atomic E-state index is 1.02. The molecule has 0 saturated carbocycles. The van der Waals surface area contributed by atoms with Gasteiger partial charge in [0.15, 0.2) is 0 Å². The van der Waals surface area contributed by atoms with Gasteiger partial charge in [-0.1, -0.05) is 68.4 Å². The van der Waals surface area contributed by atoms with Gasteiger partial charge in [0.2, 0.25) is 0 Å². The van der Waals surface area contributed by atoms with Gasteiger partial charge in [-0.3, -0.25) is 4.90 Å². The van der Waals surface area contributed by atoms with Crippen molar-refractivity contribution >= 4 is 11.9 Å². The first-order chi connectivity index (χ1) is 12.0. The Balaban J connectivity index is 0.000000450. The van der Waals surface area contributed by atoms with E-state index in [1.54, 1.807) is 0 Å². The summed E-state index contributed by atoms with van der Waals surface area (Å²) in [5, 5.41) is 14.8. The van der Waals surface area contributed by atoms with Crippen LogP contribution < -0.4 is 0 Å². The molecule has 2 N–H and O–H groups in total. The smallest absolute Gasteiger partial charge is 0.414 e. The Morgan fingerprint density at radius 2 is 1.20 bits per heavy atom. The number of hydrogen-bond donors (Lipinski definition) is 2. The summed E-state index contributed by atoms with van der Waals surface area (Å²) in [4.78, 5) is 20.7. The van der Waals surface area contributed by atoms with E-state index in [0.717, 1.165) is 26.1 Å². The van der Waals surface area contributed by atoms with Gasteiger partial charge >= 0.3 is 11.9 Å². The van der Waals surface area contributed by atoms with Crippen molar-refractivity contribution in [2.75, 3.05) is 6.54 Å². The van der Waals surface area contributed by atoms with Crippen molar-refractivity contribution in [3.05, 3.63) is 71.3 Å². The molecule has 2 rings (SSSR count). The second-order valence-corrected chi connectivity index (χ2v) is 5.57.